The molecule has 0 saturated heterocycles. The highest BCUT2D eigenvalue weighted by molar-refractivity contribution is 6.01. The number of nitriles is 6. The molecule has 1 saturated carbocycles. The molecule has 6 nitrogen and oxygen atoms in total. The molecule has 240 valence electrons. The highest BCUT2D eigenvalue weighted by Crippen LogP contribution is 2.58. The Morgan fingerprint density at radius 2 is 1.15 bits per heavy atom. The number of rotatable bonds is 3. The number of alkyl halides is 4. The Kier molecular flexibility index (Phi) is 9.12. The fourth-order valence-corrected chi connectivity index (χ4v) is 5.60. The molecule has 1 fully saturated rings. The first-order valence-corrected chi connectivity index (χ1v) is 13.2. The molecule has 16 heteroatoms. The van der Waals surface area contributed by atoms with Gasteiger partial charge in [-0.25, -0.2) is 43.9 Å². The van der Waals surface area contributed by atoms with Crippen LogP contribution in [0.2, 0.25) is 0 Å². The SMILES string of the molecule is CC1=C(C#N)C(F)C(F)C(/C(C#N)=C2/C(=C(/C#N)c3c(F)c(F)c(C#N)c(F)c3F)/C2=C(/C#N)C2=C(F)C(F)C(C#N)C(C)=C2F)C1F. The van der Waals surface area contributed by atoms with Crippen molar-refractivity contribution in [1.82, 2.24) is 0 Å². The van der Waals surface area contributed by atoms with Crippen molar-refractivity contribution in [2.24, 2.45) is 11.8 Å². The molecule has 0 radical (unpaired) electrons. The lowest BCUT2D eigenvalue weighted by Gasteiger charge is -2.32. The van der Waals surface area contributed by atoms with Crippen LogP contribution in [0.5, 0.6) is 0 Å². The maximum atomic E-state index is 15.6. The summed E-state index contributed by atoms with van der Waals surface area (Å²) in [6, 6.07) is 7.11. The van der Waals surface area contributed by atoms with Gasteiger partial charge in [0.15, 0.2) is 35.6 Å². The van der Waals surface area contributed by atoms with Crippen LogP contribution in [0.4, 0.5) is 43.9 Å². The third kappa shape index (κ3) is 4.82. The van der Waals surface area contributed by atoms with E-state index in [0.717, 1.165) is 26.0 Å². The molecule has 6 atom stereocenters. The summed E-state index contributed by atoms with van der Waals surface area (Å²) in [5, 5.41) is 57.3. The zero-order valence-electron chi connectivity index (χ0n) is 23.9. The Hall–Kier alpha value is -6.10. The molecule has 0 bridgehead atoms. The van der Waals surface area contributed by atoms with Crippen molar-refractivity contribution in [1.29, 1.82) is 31.6 Å². The first kappa shape index (κ1) is 34.8. The largest absolute Gasteiger partial charge is 0.243 e. The molecule has 1 aromatic rings. The molecule has 48 heavy (non-hydrogen) atoms. The molecule has 0 heterocycles. The van der Waals surface area contributed by atoms with E-state index in [-0.39, 0.29) is 0 Å². The highest BCUT2D eigenvalue weighted by atomic mass is 19.2. The minimum Gasteiger partial charge on any atom is -0.243 e. The summed E-state index contributed by atoms with van der Waals surface area (Å²) in [7, 11) is 0. The van der Waals surface area contributed by atoms with Gasteiger partial charge in [-0.05, 0) is 25.0 Å². The second-order valence-corrected chi connectivity index (χ2v) is 10.5. The molecule has 0 aliphatic heterocycles. The van der Waals surface area contributed by atoms with Gasteiger partial charge in [0, 0.05) is 22.3 Å². The van der Waals surface area contributed by atoms with Crippen LogP contribution in [0.25, 0.3) is 5.57 Å². The fourth-order valence-electron chi connectivity index (χ4n) is 5.60. The Morgan fingerprint density at radius 1 is 0.604 bits per heavy atom. The second-order valence-electron chi connectivity index (χ2n) is 10.5. The van der Waals surface area contributed by atoms with Crippen LogP contribution >= 0.6 is 0 Å². The van der Waals surface area contributed by atoms with Gasteiger partial charge in [0.25, 0.3) is 0 Å². The third-order valence-corrected chi connectivity index (χ3v) is 8.13. The number of hydrogen-bond acceptors (Lipinski definition) is 6. The van der Waals surface area contributed by atoms with Crippen LogP contribution in [-0.4, -0.2) is 24.7 Å². The lowest BCUT2D eigenvalue weighted by molar-refractivity contribution is 0.0945. The molecular formula is C32H12F10N6. The third-order valence-electron chi connectivity index (χ3n) is 8.13. The van der Waals surface area contributed by atoms with E-state index < -0.39 is 138 Å². The highest BCUT2D eigenvalue weighted by Gasteiger charge is 2.52. The van der Waals surface area contributed by atoms with E-state index >= 15 is 26.3 Å². The van der Waals surface area contributed by atoms with E-state index in [9.17, 15) is 38.6 Å². The molecule has 6 unspecified atom stereocenters. The molecule has 0 aromatic heterocycles. The monoisotopic (exact) mass is 670 g/mol. The van der Waals surface area contributed by atoms with Crippen molar-refractivity contribution in [2.75, 3.05) is 0 Å². The Balaban J connectivity index is 2.25. The Bertz CT molecular complexity index is 2140. The Labute approximate surface area is 264 Å². The van der Waals surface area contributed by atoms with Gasteiger partial charge < -0.3 is 0 Å². The van der Waals surface area contributed by atoms with E-state index in [1.54, 1.807) is 0 Å². The number of hydrogen-bond donors (Lipinski definition) is 0. The van der Waals surface area contributed by atoms with Gasteiger partial charge in [0.1, 0.15) is 53.7 Å². The predicted molar refractivity (Wildman–Crippen MR) is 141 cm³/mol. The number of halogens is 10. The standard InChI is InChI=1S/C32H12F10N6/c1-9-11(3-43)25(35)29(39)20(23(9)33)13(5-45)17-18(14(6-46)21-24(34)10(2)12(4-44)26(36)30(21)40)19(17)15(7-47)22-31(41)27(37)16(8-48)28(38)32(22)42/h11,21,24-26,30H,1-2H3/b17-13-,18-14+,19-15-. The van der Waals surface area contributed by atoms with Crippen molar-refractivity contribution >= 4 is 5.57 Å². The number of benzene rings is 1. The zero-order valence-corrected chi connectivity index (χ0v) is 23.9. The lowest BCUT2D eigenvalue weighted by atomic mass is 9.76. The van der Waals surface area contributed by atoms with Crippen molar-refractivity contribution in [3.05, 3.63) is 96.2 Å². The average Bonchev–Trinajstić information content (AvgIpc) is 3.78. The average molecular weight is 670 g/mol. The van der Waals surface area contributed by atoms with Gasteiger partial charge >= 0.3 is 0 Å². The van der Waals surface area contributed by atoms with Gasteiger partial charge in [0.05, 0.1) is 52.0 Å². The van der Waals surface area contributed by atoms with Gasteiger partial charge in [-0.3, -0.25) is 0 Å². The van der Waals surface area contributed by atoms with Crippen molar-refractivity contribution in [3.8, 4) is 36.4 Å². The molecular weight excluding hydrogens is 658 g/mol. The number of nitrogens with zero attached hydrogens (tertiary/aromatic N) is 6. The van der Waals surface area contributed by atoms with Gasteiger partial charge in [-0.1, -0.05) is 0 Å². The quantitative estimate of drug-likeness (QED) is 0.185. The van der Waals surface area contributed by atoms with Crippen LogP contribution < -0.4 is 0 Å². The smallest absolute Gasteiger partial charge is 0.180 e. The van der Waals surface area contributed by atoms with Crippen LogP contribution in [0.3, 0.4) is 0 Å². The minimum absolute atomic E-state index is 0.711. The Morgan fingerprint density at radius 3 is 1.60 bits per heavy atom. The van der Waals surface area contributed by atoms with Crippen LogP contribution in [0.15, 0.2) is 61.8 Å². The van der Waals surface area contributed by atoms with Crippen LogP contribution in [0.1, 0.15) is 25.0 Å². The van der Waals surface area contributed by atoms with Gasteiger partial charge in [0.2, 0.25) is 0 Å². The van der Waals surface area contributed by atoms with E-state index in [1.807, 2.05) is 0 Å². The molecule has 3 aliphatic carbocycles. The van der Waals surface area contributed by atoms with Crippen molar-refractivity contribution in [3.63, 3.8) is 0 Å². The van der Waals surface area contributed by atoms with E-state index in [4.69, 9.17) is 10.5 Å². The summed E-state index contributed by atoms with van der Waals surface area (Å²) >= 11 is 0. The molecule has 1 aromatic carbocycles. The van der Waals surface area contributed by atoms with Crippen molar-refractivity contribution < 1.29 is 43.9 Å². The summed E-state index contributed by atoms with van der Waals surface area (Å²) in [6.07, 6.45) is -11.5. The normalized spacial score (nSPS) is 28.4. The number of allylic oxidation sites excluding steroid dienone is 12. The van der Waals surface area contributed by atoms with Gasteiger partial charge in [-0.15, -0.1) is 0 Å². The summed E-state index contributed by atoms with van der Waals surface area (Å²) in [6.45, 7) is 1.70. The van der Waals surface area contributed by atoms with E-state index in [0.29, 0.717) is 0 Å². The maximum absolute atomic E-state index is 15.6. The molecule has 0 N–H and O–H groups in total. The first-order chi connectivity index (χ1) is 22.6. The minimum atomic E-state index is -3.06. The lowest BCUT2D eigenvalue weighted by Crippen LogP contribution is -2.41. The molecule has 3 aliphatic rings. The summed E-state index contributed by atoms with van der Waals surface area (Å²) < 4.78 is 151. The molecule has 0 spiro atoms. The van der Waals surface area contributed by atoms with Crippen molar-refractivity contribution in [2.45, 2.75) is 38.5 Å². The summed E-state index contributed by atoms with van der Waals surface area (Å²) in [5.41, 5.74) is -15.0. The van der Waals surface area contributed by atoms with Gasteiger partial charge in [-0.2, -0.15) is 31.6 Å². The molecule has 4 rings (SSSR count). The summed E-state index contributed by atoms with van der Waals surface area (Å²) in [5.74, 6) is -17.8. The van der Waals surface area contributed by atoms with E-state index in [2.05, 4.69) is 0 Å². The fraction of sp³-hybridized carbons (Fsp3) is 0.250. The zero-order chi connectivity index (χ0) is 36.1. The molecule has 0 amide bonds. The first-order valence-electron chi connectivity index (χ1n) is 13.2. The van der Waals surface area contributed by atoms with E-state index in [1.165, 1.54) is 24.3 Å². The second kappa shape index (κ2) is 12.6. The summed E-state index contributed by atoms with van der Waals surface area (Å²) in [4.78, 5) is 0. The topological polar surface area (TPSA) is 143 Å². The van der Waals surface area contributed by atoms with Crippen LogP contribution in [0, 0.1) is 103 Å². The predicted octanol–water partition coefficient (Wildman–Crippen LogP) is 7.49. The van der Waals surface area contributed by atoms with Crippen LogP contribution in [-0.2, 0) is 0 Å². The maximum Gasteiger partial charge on any atom is 0.180 e.